The van der Waals surface area contributed by atoms with Gasteiger partial charge in [-0.05, 0) is 17.7 Å². The van der Waals surface area contributed by atoms with Crippen molar-refractivity contribution >= 4 is 29.2 Å². The fourth-order valence-electron chi connectivity index (χ4n) is 2.30. The number of hydrogen-bond donors (Lipinski definition) is 3. The first-order valence-electron chi connectivity index (χ1n) is 8.85. The molecule has 6 nitrogen and oxygen atoms in total. The Balaban J connectivity index is 2.12. The van der Waals surface area contributed by atoms with Crippen LogP contribution in [0.25, 0.3) is 16.0 Å². The maximum absolute atomic E-state index is 13.9. The number of benzene rings is 2. The van der Waals surface area contributed by atoms with Crippen molar-refractivity contribution in [1.82, 2.24) is 10.6 Å². The van der Waals surface area contributed by atoms with E-state index in [1.807, 2.05) is 0 Å². The van der Waals surface area contributed by atoms with E-state index in [0.717, 1.165) is 12.1 Å². The molecule has 0 saturated heterocycles. The van der Waals surface area contributed by atoms with Crippen LogP contribution in [0.2, 0.25) is 5.02 Å². The Bertz CT molecular complexity index is 1100. The van der Waals surface area contributed by atoms with Gasteiger partial charge in [0.25, 0.3) is 5.91 Å². The Morgan fingerprint density at radius 1 is 1.48 bits per heavy atom. The highest BCUT2D eigenvalue weighted by Crippen LogP contribution is 2.42. The smallest absolute Gasteiger partial charge is 0.261 e. The van der Waals surface area contributed by atoms with Crippen molar-refractivity contribution in [2.75, 3.05) is 13.0 Å². The third kappa shape index (κ3) is 3.12. The predicted octanol–water partition coefficient (Wildman–Crippen LogP) is 3.09. The molecule has 0 bridgehead atoms. The molecule has 0 fully saturated rings. The SMILES string of the molecule is [2H]C1([2H])N=C(NC(=O)c2c(O)ccc([N+]#[C-])c2-c2cccc(F)c2Cl)NC1([2H])[2H]. The van der Waals surface area contributed by atoms with Gasteiger partial charge in [-0.2, -0.15) is 0 Å². The molecular weight excluding hydrogens is 347 g/mol. The van der Waals surface area contributed by atoms with Crippen molar-refractivity contribution in [2.45, 2.75) is 0 Å². The zero-order valence-electron chi connectivity index (χ0n) is 16.4. The van der Waals surface area contributed by atoms with Crippen LogP contribution >= 0.6 is 11.6 Å². The topological polar surface area (TPSA) is 78.1 Å². The van der Waals surface area contributed by atoms with E-state index in [-0.39, 0.29) is 21.8 Å². The standard InChI is InChI=1S/C17H12ClFN4O2/c1-20-11-5-6-12(24)14(16(25)23-17-21-7-8-22-17)13(11)9-3-2-4-10(19)15(9)18/h2-6,24H,7-8H2,(H2,21,22,23,25)/i7D2,8D2. The van der Waals surface area contributed by atoms with Gasteiger partial charge in [0, 0.05) is 12.1 Å². The number of phenols is 1. The zero-order chi connectivity index (χ0) is 21.6. The molecule has 25 heavy (non-hydrogen) atoms. The van der Waals surface area contributed by atoms with Gasteiger partial charge < -0.3 is 10.4 Å². The van der Waals surface area contributed by atoms with Crippen LogP contribution in [0.1, 0.15) is 15.8 Å². The van der Waals surface area contributed by atoms with E-state index in [1.54, 1.807) is 0 Å². The summed E-state index contributed by atoms with van der Waals surface area (Å²) in [4.78, 5) is 19.6. The fourth-order valence-corrected chi connectivity index (χ4v) is 2.52. The van der Waals surface area contributed by atoms with Gasteiger partial charge in [0.05, 0.1) is 29.1 Å². The number of aliphatic imine (C=N–C) groups is 1. The third-order valence-corrected chi connectivity index (χ3v) is 3.75. The number of amides is 1. The summed E-state index contributed by atoms with van der Waals surface area (Å²) in [6, 6.07) is 6.11. The Kier molecular flexibility index (Phi) is 3.33. The van der Waals surface area contributed by atoms with E-state index in [0.29, 0.717) is 0 Å². The highest BCUT2D eigenvalue weighted by atomic mass is 35.5. The van der Waals surface area contributed by atoms with Gasteiger partial charge in [-0.15, -0.1) is 0 Å². The van der Waals surface area contributed by atoms with Crippen LogP contribution in [0, 0.1) is 12.4 Å². The zero-order valence-corrected chi connectivity index (χ0v) is 13.1. The predicted molar refractivity (Wildman–Crippen MR) is 92.5 cm³/mol. The average molecular weight is 363 g/mol. The number of rotatable bonds is 2. The summed E-state index contributed by atoms with van der Waals surface area (Å²) in [7, 11) is 0. The largest absolute Gasteiger partial charge is 0.507 e. The molecule has 1 aliphatic heterocycles. The highest BCUT2D eigenvalue weighted by molar-refractivity contribution is 6.34. The first kappa shape index (κ1) is 12.3. The number of hydrogen-bond acceptors (Lipinski definition) is 4. The van der Waals surface area contributed by atoms with Crippen LogP contribution in [0.4, 0.5) is 10.1 Å². The molecule has 3 N–H and O–H groups in total. The van der Waals surface area contributed by atoms with Crippen LogP contribution < -0.4 is 10.6 Å². The minimum atomic E-state index is -2.65. The molecule has 8 heteroatoms. The normalized spacial score (nSPS) is 19.3. The molecule has 2 aromatic carbocycles. The van der Waals surface area contributed by atoms with E-state index in [2.05, 4.69) is 20.5 Å². The molecule has 0 aliphatic carbocycles. The van der Waals surface area contributed by atoms with Crippen molar-refractivity contribution in [3.63, 3.8) is 0 Å². The summed E-state index contributed by atoms with van der Waals surface area (Å²) >= 11 is 6.00. The summed E-state index contributed by atoms with van der Waals surface area (Å²) in [6.45, 7) is 2.11. The second-order valence-corrected chi connectivity index (χ2v) is 5.22. The van der Waals surface area contributed by atoms with E-state index in [9.17, 15) is 14.3 Å². The molecule has 0 unspecified atom stereocenters. The number of nitrogens with one attached hydrogen (secondary N) is 2. The maximum atomic E-state index is 13.9. The molecule has 0 atom stereocenters. The Labute approximate surface area is 153 Å². The fraction of sp³-hybridized carbons (Fsp3) is 0.118. The van der Waals surface area contributed by atoms with Crippen molar-refractivity contribution < 1.29 is 19.8 Å². The molecule has 0 saturated carbocycles. The Morgan fingerprint density at radius 2 is 2.28 bits per heavy atom. The Hall–Kier alpha value is -3.11. The second-order valence-electron chi connectivity index (χ2n) is 4.84. The van der Waals surface area contributed by atoms with Gasteiger partial charge in [-0.1, -0.05) is 29.8 Å². The third-order valence-electron chi connectivity index (χ3n) is 3.37. The van der Waals surface area contributed by atoms with Crippen molar-refractivity contribution in [2.24, 2.45) is 4.99 Å². The van der Waals surface area contributed by atoms with Gasteiger partial charge >= 0.3 is 0 Å². The van der Waals surface area contributed by atoms with Gasteiger partial charge in [0.15, 0.2) is 11.6 Å². The molecular formula is C17H12ClFN4O2. The van der Waals surface area contributed by atoms with Crippen LogP contribution in [-0.2, 0) is 0 Å². The van der Waals surface area contributed by atoms with Gasteiger partial charge in [-0.25, -0.2) is 9.24 Å². The van der Waals surface area contributed by atoms with E-state index >= 15 is 0 Å². The second kappa shape index (κ2) is 6.79. The first-order valence-corrected chi connectivity index (χ1v) is 7.23. The maximum Gasteiger partial charge on any atom is 0.261 e. The average Bonchev–Trinajstić information content (AvgIpc) is 2.83. The minimum Gasteiger partial charge on any atom is -0.507 e. The summed E-state index contributed by atoms with van der Waals surface area (Å²) in [5.41, 5.74) is -0.659. The van der Waals surface area contributed by atoms with Crippen LogP contribution in [0.5, 0.6) is 5.75 Å². The number of guanidine groups is 1. The monoisotopic (exact) mass is 362 g/mol. The minimum absolute atomic E-state index is 0.00861. The van der Waals surface area contributed by atoms with E-state index in [1.165, 1.54) is 18.2 Å². The number of aromatic hydroxyl groups is 1. The van der Waals surface area contributed by atoms with Crippen LogP contribution in [0.3, 0.4) is 0 Å². The molecule has 0 aromatic heterocycles. The number of phenolic OH excluding ortho intramolecular Hbond substituents is 1. The number of carbonyl (C=O) groups is 1. The Morgan fingerprint density at radius 3 is 2.96 bits per heavy atom. The van der Waals surface area contributed by atoms with Gasteiger partial charge in [-0.3, -0.25) is 15.1 Å². The lowest BCUT2D eigenvalue weighted by Crippen LogP contribution is -2.38. The number of nitrogens with zero attached hydrogens (tertiary/aromatic N) is 2. The van der Waals surface area contributed by atoms with Crippen LogP contribution in [0.15, 0.2) is 35.3 Å². The molecule has 0 spiro atoms. The number of halogens is 2. The highest BCUT2D eigenvalue weighted by Gasteiger charge is 2.24. The van der Waals surface area contributed by atoms with E-state index < -0.39 is 42.0 Å². The van der Waals surface area contributed by atoms with Crippen molar-refractivity contribution in [1.29, 1.82) is 0 Å². The molecule has 0 radical (unpaired) electrons. The summed E-state index contributed by atoms with van der Waals surface area (Å²) in [5.74, 6) is -2.87. The van der Waals surface area contributed by atoms with Crippen LogP contribution in [-0.4, -0.2) is 30.0 Å². The molecule has 1 heterocycles. The molecule has 2 aromatic rings. The molecule has 1 amide bonds. The number of carbonyl (C=O) groups excluding carboxylic acids is 1. The molecule has 126 valence electrons. The lowest BCUT2D eigenvalue weighted by atomic mass is 9.96. The van der Waals surface area contributed by atoms with Gasteiger partial charge in [0.1, 0.15) is 11.6 Å². The summed E-state index contributed by atoms with van der Waals surface area (Å²) in [5, 5.41) is 14.2. The summed E-state index contributed by atoms with van der Waals surface area (Å²) in [6.07, 6.45) is 0. The lowest BCUT2D eigenvalue weighted by molar-refractivity contribution is 0.0974. The van der Waals surface area contributed by atoms with Gasteiger partial charge in [0.2, 0.25) is 0 Å². The first-order chi connectivity index (χ1) is 13.5. The van der Waals surface area contributed by atoms with Crippen molar-refractivity contribution in [3.8, 4) is 16.9 Å². The lowest BCUT2D eigenvalue weighted by Gasteiger charge is -2.15. The quantitative estimate of drug-likeness (QED) is 0.718. The summed E-state index contributed by atoms with van der Waals surface area (Å²) < 4.78 is 44.2. The van der Waals surface area contributed by atoms with Crippen molar-refractivity contribution in [3.05, 3.63) is 58.2 Å². The molecule has 3 rings (SSSR count). The van der Waals surface area contributed by atoms with E-state index in [4.69, 9.17) is 23.7 Å². The molecule has 1 aliphatic rings.